The summed E-state index contributed by atoms with van der Waals surface area (Å²) in [5, 5.41) is 0. The minimum absolute atomic E-state index is 0.0317. The fraction of sp³-hybridized carbons (Fsp3) is 0.579. The Kier molecular flexibility index (Phi) is 6.37. The van der Waals surface area contributed by atoms with Gasteiger partial charge in [-0.3, -0.25) is 9.59 Å². The van der Waals surface area contributed by atoms with E-state index in [1.807, 2.05) is 56.1 Å². The Labute approximate surface area is 144 Å². The number of rotatable bonds is 5. The molecule has 0 spiro atoms. The van der Waals surface area contributed by atoms with Gasteiger partial charge < -0.3 is 15.5 Å². The van der Waals surface area contributed by atoms with E-state index in [9.17, 15) is 9.59 Å². The van der Waals surface area contributed by atoms with E-state index < -0.39 is 0 Å². The van der Waals surface area contributed by atoms with E-state index in [1.165, 1.54) is 0 Å². The predicted molar refractivity (Wildman–Crippen MR) is 95.2 cm³/mol. The molecule has 1 saturated heterocycles. The lowest BCUT2D eigenvalue weighted by molar-refractivity contribution is -0.141. The fourth-order valence-electron chi connectivity index (χ4n) is 3.05. The zero-order chi connectivity index (χ0) is 17.7. The zero-order valence-corrected chi connectivity index (χ0v) is 14.9. The number of benzene rings is 1. The van der Waals surface area contributed by atoms with Crippen LogP contribution >= 0.6 is 0 Å². The molecule has 1 aromatic rings. The topological polar surface area (TPSA) is 66.6 Å². The summed E-state index contributed by atoms with van der Waals surface area (Å²) in [7, 11) is 1.85. The quantitative estimate of drug-likeness (QED) is 0.899. The lowest BCUT2D eigenvalue weighted by Gasteiger charge is -2.34. The summed E-state index contributed by atoms with van der Waals surface area (Å²) in [6, 6.07) is 9.64. The maximum atomic E-state index is 12.5. The van der Waals surface area contributed by atoms with Crippen LogP contribution in [0.15, 0.2) is 30.3 Å². The van der Waals surface area contributed by atoms with Crippen molar-refractivity contribution in [1.29, 1.82) is 0 Å². The summed E-state index contributed by atoms with van der Waals surface area (Å²) in [6.07, 6.45) is 1.79. The van der Waals surface area contributed by atoms with Gasteiger partial charge in [-0.15, -0.1) is 0 Å². The molecule has 0 saturated carbocycles. The Bertz CT molecular complexity index is 551. The van der Waals surface area contributed by atoms with Crippen LogP contribution in [0.1, 0.15) is 44.7 Å². The number of hydrogen-bond donors (Lipinski definition) is 1. The van der Waals surface area contributed by atoms with Gasteiger partial charge in [-0.05, 0) is 32.3 Å². The summed E-state index contributed by atoms with van der Waals surface area (Å²) in [4.78, 5) is 28.5. The molecule has 0 radical (unpaired) electrons. The minimum atomic E-state index is -0.273. The maximum absolute atomic E-state index is 12.5. The van der Waals surface area contributed by atoms with Gasteiger partial charge in [-0.1, -0.05) is 30.3 Å². The van der Waals surface area contributed by atoms with E-state index in [0.29, 0.717) is 19.5 Å². The number of carbonyl (C=O) groups is 2. The Morgan fingerprint density at radius 3 is 2.33 bits per heavy atom. The molecule has 2 amide bonds. The molecule has 0 aliphatic carbocycles. The minimum Gasteiger partial charge on any atom is -0.343 e. The second-order valence-corrected chi connectivity index (χ2v) is 6.92. The van der Waals surface area contributed by atoms with Crippen molar-refractivity contribution in [3.63, 3.8) is 0 Å². The molecule has 1 aliphatic heterocycles. The number of hydrogen-bond acceptors (Lipinski definition) is 3. The Hall–Kier alpha value is -1.88. The highest BCUT2D eigenvalue weighted by atomic mass is 16.2. The lowest BCUT2D eigenvalue weighted by Crippen LogP contribution is -2.45. The van der Waals surface area contributed by atoms with Crippen molar-refractivity contribution in [3.8, 4) is 0 Å². The molecule has 1 aromatic carbocycles. The number of nitrogens with two attached hydrogens (primary N) is 1. The van der Waals surface area contributed by atoms with Crippen molar-refractivity contribution in [3.05, 3.63) is 35.9 Å². The third-order valence-corrected chi connectivity index (χ3v) is 4.94. The molecule has 0 aromatic heterocycles. The highest BCUT2D eigenvalue weighted by Crippen LogP contribution is 2.22. The van der Waals surface area contributed by atoms with Crippen LogP contribution in [0.25, 0.3) is 0 Å². The van der Waals surface area contributed by atoms with Crippen LogP contribution in [-0.2, 0) is 9.59 Å². The average Bonchev–Trinajstić information content (AvgIpc) is 2.61. The van der Waals surface area contributed by atoms with E-state index in [2.05, 4.69) is 0 Å². The summed E-state index contributed by atoms with van der Waals surface area (Å²) in [6.45, 7) is 5.31. The molecule has 1 aliphatic rings. The molecule has 2 N–H and O–H groups in total. The first-order chi connectivity index (χ1) is 11.4. The maximum Gasteiger partial charge on any atom is 0.225 e. The summed E-state index contributed by atoms with van der Waals surface area (Å²) in [5.74, 6) is 0.303. The summed E-state index contributed by atoms with van der Waals surface area (Å²) in [5.41, 5.74) is 7.12. The Balaban J connectivity index is 1.83. The van der Waals surface area contributed by atoms with Gasteiger partial charge in [-0.2, -0.15) is 0 Å². The van der Waals surface area contributed by atoms with Gasteiger partial charge in [-0.25, -0.2) is 0 Å². The standard InChI is InChI=1S/C19H29N3O2/c1-14(2)21(3)19(24)16-9-11-22(12-10-16)18(23)13-17(20)15-7-5-4-6-8-15/h4-8,14,16-17H,9-13,20H2,1-3H3/t17-/m1/s1. The first-order valence-corrected chi connectivity index (χ1v) is 8.75. The fourth-order valence-corrected chi connectivity index (χ4v) is 3.05. The second-order valence-electron chi connectivity index (χ2n) is 6.92. The number of piperidine rings is 1. The molecule has 2 rings (SSSR count). The summed E-state index contributed by atoms with van der Waals surface area (Å²) >= 11 is 0. The number of nitrogens with zero attached hydrogens (tertiary/aromatic N) is 2. The van der Waals surface area contributed by atoms with Crippen molar-refractivity contribution < 1.29 is 9.59 Å². The van der Waals surface area contributed by atoms with Gasteiger partial charge in [0, 0.05) is 44.6 Å². The molecule has 24 heavy (non-hydrogen) atoms. The van der Waals surface area contributed by atoms with Crippen LogP contribution in [0.4, 0.5) is 0 Å². The van der Waals surface area contributed by atoms with Gasteiger partial charge in [0.05, 0.1) is 0 Å². The number of carbonyl (C=O) groups excluding carboxylic acids is 2. The van der Waals surface area contributed by atoms with E-state index in [1.54, 1.807) is 4.90 Å². The molecule has 132 valence electrons. The molecule has 5 heteroatoms. The smallest absolute Gasteiger partial charge is 0.225 e. The van der Waals surface area contributed by atoms with Crippen molar-refractivity contribution in [2.45, 2.75) is 45.2 Å². The highest BCUT2D eigenvalue weighted by Gasteiger charge is 2.30. The largest absolute Gasteiger partial charge is 0.343 e. The van der Waals surface area contributed by atoms with Gasteiger partial charge in [0.1, 0.15) is 0 Å². The van der Waals surface area contributed by atoms with E-state index >= 15 is 0 Å². The molecular weight excluding hydrogens is 302 g/mol. The van der Waals surface area contributed by atoms with Crippen LogP contribution in [-0.4, -0.2) is 47.8 Å². The normalized spacial score (nSPS) is 17.0. The van der Waals surface area contributed by atoms with Crippen molar-refractivity contribution in [2.75, 3.05) is 20.1 Å². The molecule has 1 atom stereocenters. The number of likely N-dealkylation sites (tertiary alicyclic amines) is 1. The van der Waals surface area contributed by atoms with Gasteiger partial charge >= 0.3 is 0 Å². The van der Waals surface area contributed by atoms with Gasteiger partial charge in [0.25, 0.3) is 0 Å². The van der Waals surface area contributed by atoms with Crippen molar-refractivity contribution in [1.82, 2.24) is 9.80 Å². The second kappa shape index (κ2) is 8.29. The molecule has 1 fully saturated rings. The van der Waals surface area contributed by atoms with Crippen LogP contribution in [0.3, 0.4) is 0 Å². The third-order valence-electron chi connectivity index (χ3n) is 4.94. The average molecular weight is 331 g/mol. The molecular formula is C19H29N3O2. The highest BCUT2D eigenvalue weighted by molar-refractivity contribution is 5.80. The first-order valence-electron chi connectivity index (χ1n) is 8.75. The SMILES string of the molecule is CC(C)N(C)C(=O)C1CCN(C(=O)C[C@@H](N)c2ccccc2)CC1. The molecule has 1 heterocycles. The van der Waals surface area contributed by atoms with Crippen LogP contribution in [0.2, 0.25) is 0 Å². The Morgan fingerprint density at radius 1 is 1.21 bits per heavy atom. The third kappa shape index (κ3) is 4.57. The van der Waals surface area contributed by atoms with E-state index in [0.717, 1.165) is 18.4 Å². The molecule has 5 nitrogen and oxygen atoms in total. The van der Waals surface area contributed by atoms with Crippen LogP contribution in [0.5, 0.6) is 0 Å². The Morgan fingerprint density at radius 2 is 1.79 bits per heavy atom. The van der Waals surface area contributed by atoms with E-state index in [4.69, 9.17) is 5.73 Å². The molecule has 0 bridgehead atoms. The van der Waals surface area contributed by atoms with Crippen LogP contribution in [0, 0.1) is 5.92 Å². The summed E-state index contributed by atoms with van der Waals surface area (Å²) < 4.78 is 0. The van der Waals surface area contributed by atoms with Crippen LogP contribution < -0.4 is 5.73 Å². The first kappa shape index (κ1) is 18.5. The zero-order valence-electron chi connectivity index (χ0n) is 14.9. The predicted octanol–water partition coefficient (Wildman–Crippen LogP) is 2.18. The van der Waals surface area contributed by atoms with Gasteiger partial charge in [0.2, 0.25) is 11.8 Å². The lowest BCUT2D eigenvalue weighted by atomic mass is 9.94. The molecule has 0 unspecified atom stereocenters. The van der Waals surface area contributed by atoms with E-state index in [-0.39, 0.29) is 29.8 Å². The van der Waals surface area contributed by atoms with Gasteiger partial charge in [0.15, 0.2) is 0 Å². The monoisotopic (exact) mass is 331 g/mol. The number of amides is 2. The van der Waals surface area contributed by atoms with Crippen molar-refractivity contribution in [2.24, 2.45) is 11.7 Å². The van der Waals surface area contributed by atoms with Crippen molar-refractivity contribution >= 4 is 11.8 Å².